The van der Waals surface area contributed by atoms with Gasteiger partial charge in [-0.3, -0.25) is 0 Å². The first kappa shape index (κ1) is 29.5. The maximum absolute atomic E-state index is 11.8. The van der Waals surface area contributed by atoms with Crippen molar-refractivity contribution in [1.82, 2.24) is 0 Å². The van der Waals surface area contributed by atoms with Crippen LogP contribution in [0.1, 0.15) is 84.3 Å². The normalized spacial score (nSPS) is 14.7. The number of cyclic esters (lactones) is 4. The summed E-state index contributed by atoms with van der Waals surface area (Å²) in [4.78, 5) is 94.1. The molecule has 4 heterocycles. The fraction of sp³-hybridized carbons (Fsp3) is 0. The van der Waals surface area contributed by atoms with E-state index in [1.807, 2.05) is 0 Å². The molecule has 0 bridgehead atoms. The number of ether oxygens (including phenoxy) is 2. The van der Waals surface area contributed by atoms with Crippen molar-refractivity contribution in [3.05, 3.63) is 110 Å². The molecule has 4 aliphatic heterocycles. The van der Waals surface area contributed by atoms with E-state index in [-0.39, 0.29) is 62.9 Å². The summed E-state index contributed by atoms with van der Waals surface area (Å²) in [6.45, 7) is 0. The van der Waals surface area contributed by atoms with E-state index in [2.05, 4.69) is 20.1 Å². The van der Waals surface area contributed by atoms with Gasteiger partial charge in [-0.15, -0.1) is 0 Å². The summed E-state index contributed by atoms with van der Waals surface area (Å²) in [6, 6.07) is 11.3. The molecule has 0 saturated heterocycles. The number of rotatable bonds is 0. The molecule has 0 fully saturated rings. The summed E-state index contributed by atoms with van der Waals surface area (Å²) in [5, 5.41) is 8.02. The third kappa shape index (κ3) is 3.43. The molecular weight excluding hydrogens is 1340 g/mol. The Hall–Kier alpha value is -9.08. The molecule has 8 rings (SSSR count). The number of carbonyl (C=O) groups excluding carboxylic acids is 8. The van der Waals surface area contributed by atoms with Crippen LogP contribution in [0.25, 0.3) is 38.3 Å². The SMILES string of the molecule is O=C1OC(=O)c2ccc3c4c(ccc1c24)C(=O)OC3=O.O=C1[N-]C(=O)c2ccc3c4c(ccc1c24)C(=O)[N-]C3=O.[2HH].[NH2-].[Rf].[Rf].[Rf]. The molecule has 208 valence electrons. The van der Waals surface area contributed by atoms with Crippen LogP contribution >= 0.6 is 0 Å². The molecule has 16 heteroatoms. The Kier molecular flexibility index (Phi) is 6.22. The second kappa shape index (κ2) is 9.29. The van der Waals surface area contributed by atoms with Crippen LogP contribution in [0.4, 0.5) is 0 Å². The second-order valence-electron chi connectivity index (χ2n) is 8.94. The summed E-state index contributed by atoms with van der Waals surface area (Å²) in [5.74, 6) is -5.81. The smallest absolute Gasteiger partial charge is 0.346 e. The number of carbonyl (C=O) groups is 8. The Morgan fingerprint density at radius 2 is 0.545 bits per heavy atom. The van der Waals surface area contributed by atoms with Crippen molar-refractivity contribution in [2.75, 3.05) is 0 Å². The van der Waals surface area contributed by atoms with E-state index in [0.717, 1.165) is 0 Å². The van der Waals surface area contributed by atoms with Crippen LogP contribution in [-0.4, -0.2) is 47.5 Å². The molecule has 0 radical (unpaired) electrons. The van der Waals surface area contributed by atoms with Crippen molar-refractivity contribution in [2.24, 2.45) is 0 Å². The predicted octanol–water partition coefficient (Wildman–Crippen LogP) is 4.60. The number of hydrogen-bond donors (Lipinski definition) is 0. The summed E-state index contributed by atoms with van der Waals surface area (Å²) in [7, 11) is 0. The Morgan fingerprint density at radius 1 is 0.364 bits per heavy atom. The Bertz CT molecular complexity index is 1660. The molecule has 0 saturated carbocycles. The van der Waals surface area contributed by atoms with E-state index in [0.29, 0.717) is 10.8 Å². The molecule has 4 aromatic rings. The van der Waals surface area contributed by atoms with E-state index in [9.17, 15) is 38.4 Å². The van der Waals surface area contributed by atoms with Crippen LogP contribution in [0.15, 0.2) is 48.5 Å². The summed E-state index contributed by atoms with van der Waals surface area (Å²) in [6.07, 6.45) is 0. The van der Waals surface area contributed by atoms with Crippen LogP contribution in [-0.2, 0) is 9.47 Å². The van der Waals surface area contributed by atoms with E-state index in [1.54, 1.807) is 0 Å². The van der Waals surface area contributed by atoms with Gasteiger partial charge in [0.1, 0.15) is 0 Å². The Balaban J connectivity index is 0.000000282. The minimum atomic E-state index is -0.794. The van der Waals surface area contributed by atoms with Gasteiger partial charge in [0.2, 0.25) is 0 Å². The van der Waals surface area contributed by atoms with Gasteiger partial charge in [-0.25, -0.2) is 19.2 Å². The Labute approximate surface area is 228 Å². The summed E-state index contributed by atoms with van der Waals surface area (Å²) < 4.78 is 9.22. The predicted molar refractivity (Wildman–Crippen MR) is 139 cm³/mol. The second-order valence-corrected chi connectivity index (χ2v) is 8.94. The van der Waals surface area contributed by atoms with Crippen LogP contribution in [0.3, 0.4) is 0 Å². The van der Waals surface area contributed by atoms with Crippen molar-refractivity contribution in [1.29, 1.82) is 0 Å². The molecule has 0 aromatic heterocycles. The van der Waals surface area contributed by atoms with E-state index in [4.69, 9.17) is 0 Å². The van der Waals surface area contributed by atoms with Crippen molar-refractivity contribution >= 4 is 69.1 Å². The minimum absolute atomic E-state index is 0. The van der Waals surface area contributed by atoms with Gasteiger partial charge >= 0.3 is 23.9 Å². The molecule has 0 atom stereocenters. The zero-order valence-corrected chi connectivity index (χ0v) is 41.5. The van der Waals surface area contributed by atoms with Gasteiger partial charge < -0.3 is 45.4 Å². The fourth-order valence-electron chi connectivity index (χ4n) is 5.20. The van der Waals surface area contributed by atoms with E-state index >= 15 is 0 Å². The zero-order chi connectivity index (χ0) is 28.0. The van der Waals surface area contributed by atoms with Gasteiger partial charge in [0.15, 0.2) is 0 Å². The molecular formula is C28H12N3O10Rf3-3. The van der Waals surface area contributed by atoms with Crippen molar-refractivity contribution < 1.29 is 49.3 Å². The topological polar surface area (TPSA) is 217 Å². The summed E-state index contributed by atoms with van der Waals surface area (Å²) >= 11 is 0. The van der Waals surface area contributed by atoms with Crippen LogP contribution in [0.2, 0.25) is 0 Å². The van der Waals surface area contributed by atoms with Crippen molar-refractivity contribution in [3.8, 4) is 0 Å². The van der Waals surface area contributed by atoms with Gasteiger partial charge in [0.25, 0.3) is 0 Å². The van der Waals surface area contributed by atoms with Gasteiger partial charge in [0.05, 0.1) is 45.9 Å². The Morgan fingerprint density at radius 3 is 0.773 bits per heavy atom. The first-order chi connectivity index (χ1) is 19.2. The maximum Gasteiger partial charge on any atom is 0.346 e. The number of esters is 4. The molecule has 0 unspecified atom stereocenters. The molecule has 0 spiro atoms. The molecule has 2 N–H and O–H groups in total. The van der Waals surface area contributed by atoms with Crippen LogP contribution in [0.5, 0.6) is 0 Å². The molecule has 4 amide bonds. The number of imide groups is 2. The van der Waals surface area contributed by atoms with Gasteiger partial charge in [-0.05, 0) is 24.3 Å². The maximum atomic E-state index is 11.8. The molecule has 13 nitrogen and oxygen atoms in total. The zero-order valence-electron chi connectivity index (χ0n) is 22.3. The number of nitrogens with two attached hydrogens (primary N) is 1. The number of benzene rings is 4. The standard InChI is InChI=1S/C14H6N2O4.C14H4O6.H2N.3Rf.H2/c17-11-5-1-2-6-10-8(14(20)16-12(6)18)4-3-7(9(5)10)13(19)15-11;15-11-5-1-2-6-10-8(14(18)20-12(6)16)4-3-7(9(5)10)13(17)19-11;;;;;/h1-4H,(H2,15,16,17,18,19,20);1-4H;1H2;;;;1H/q;;-1;;;;/p-2/i;;;;;;1+1. The summed E-state index contributed by atoms with van der Waals surface area (Å²) in [5.41, 5.74) is 1.52. The first-order valence-electron chi connectivity index (χ1n) is 11.5. The molecule has 44 heavy (non-hydrogen) atoms. The monoisotopic (exact) mass is 1350 g/mol. The average Bonchev–Trinajstić information content (AvgIpc) is 2.92. The van der Waals surface area contributed by atoms with Crippen LogP contribution < -0.4 is 0 Å². The van der Waals surface area contributed by atoms with Gasteiger partial charge in [-0.2, -0.15) is 0 Å². The fourth-order valence-corrected chi connectivity index (χ4v) is 5.20. The average molecular weight is 1350 g/mol. The van der Waals surface area contributed by atoms with E-state index < -0.39 is 47.5 Å². The van der Waals surface area contributed by atoms with Crippen LogP contribution in [0, 0.1) is 0 Å². The van der Waals surface area contributed by atoms with Crippen molar-refractivity contribution in [2.45, 2.75) is 0 Å². The third-order valence-corrected chi connectivity index (χ3v) is 6.90. The number of amides is 4. The van der Waals surface area contributed by atoms with Gasteiger partial charge in [-0.1, -0.05) is 24.3 Å². The molecule has 4 aromatic carbocycles. The number of hydrogen-bond acceptors (Lipinski definition) is 10. The molecule has 4 aliphatic rings. The third-order valence-electron chi connectivity index (χ3n) is 6.90. The molecule has 0 aliphatic carbocycles. The first-order valence-corrected chi connectivity index (χ1v) is 11.5. The minimum Gasteiger partial charge on any atom is -0.693 e. The number of nitrogens with zero attached hydrogens (tertiary/aromatic N) is 2. The quantitative estimate of drug-likeness (QED) is 0.136. The van der Waals surface area contributed by atoms with E-state index in [1.165, 1.54) is 48.5 Å². The largest absolute Gasteiger partial charge is 0.693 e. The van der Waals surface area contributed by atoms with Gasteiger partial charge in [0, 0.05) is 45.2 Å². The van der Waals surface area contributed by atoms with Crippen molar-refractivity contribution in [3.63, 3.8) is 0 Å².